The van der Waals surface area contributed by atoms with Gasteiger partial charge in [0.2, 0.25) is 5.91 Å². The number of nitrogens with one attached hydrogen (secondary N) is 1. The Balaban J connectivity index is 1.31. The summed E-state index contributed by atoms with van der Waals surface area (Å²) in [6.07, 6.45) is 0.111. The molecule has 3 N–H and O–H groups in total. The number of carboxylic acids is 1. The van der Waals surface area contributed by atoms with Gasteiger partial charge in [-0.1, -0.05) is 84.9 Å². The molecule has 0 aliphatic carbocycles. The molecule has 0 aromatic heterocycles. The fourth-order valence-electron chi connectivity index (χ4n) is 5.96. The minimum atomic E-state index is -1.59. The second-order valence-electron chi connectivity index (χ2n) is 11.4. The number of rotatable bonds is 12. The summed E-state index contributed by atoms with van der Waals surface area (Å²) >= 11 is 0. The summed E-state index contributed by atoms with van der Waals surface area (Å²) in [6.45, 7) is 2.75. The topological polar surface area (TPSA) is 130 Å². The molecule has 4 aromatic carbocycles. The molecular weight excluding hydrogens is 598 g/mol. The summed E-state index contributed by atoms with van der Waals surface area (Å²) < 4.78 is 16.6. The highest BCUT2D eigenvalue weighted by atomic mass is 16.9. The number of ether oxygens (including phenoxy) is 3. The number of aliphatic imine (C=N–C) groups is 1. The standard InChI is InChI=1S/C37H37N3O7/c1-2-45-37-46-30-20-19-26(22-31(30)47-37)34(41)33(36(43)44)39-32(25-14-7-4-8-15-25)27-16-9-10-17-28(27)38-35(42)29-18-11-21-40(29)23-24-12-5-3-6-13-24/h3-10,12-17,19-20,22,29,33-34,37,41H,2,11,18,21,23H2,1H3,(H,38,42)(H,43,44)/t29-,33+,34-,37?/m1/s1. The number of aliphatic hydroxyl groups excluding tert-OH is 1. The van der Waals surface area contributed by atoms with E-state index in [2.05, 4.69) is 27.3 Å². The van der Waals surface area contributed by atoms with E-state index >= 15 is 0 Å². The number of hydrogen-bond acceptors (Lipinski definition) is 8. The van der Waals surface area contributed by atoms with E-state index in [1.165, 1.54) is 6.07 Å². The molecule has 10 heteroatoms. The molecule has 0 radical (unpaired) electrons. The van der Waals surface area contributed by atoms with Crippen molar-refractivity contribution < 1.29 is 34.0 Å². The average Bonchev–Trinajstić information content (AvgIpc) is 3.72. The molecule has 47 heavy (non-hydrogen) atoms. The van der Waals surface area contributed by atoms with Gasteiger partial charge in [0.05, 0.1) is 24.0 Å². The number of nitrogens with zero attached hydrogens (tertiary/aromatic N) is 2. The SMILES string of the molecule is CCOC1Oc2ccc([C@@H](O)[C@H](N=C(c3ccccc3)c3ccccc3NC(=O)[C@H]3CCCN3Cc3ccccc3)C(=O)O)cc2O1. The Morgan fingerprint density at radius 3 is 2.40 bits per heavy atom. The maximum absolute atomic E-state index is 13.7. The first kappa shape index (κ1) is 31.9. The zero-order chi connectivity index (χ0) is 32.8. The third-order valence-electron chi connectivity index (χ3n) is 8.26. The minimum absolute atomic E-state index is 0.140. The predicted octanol–water partition coefficient (Wildman–Crippen LogP) is 5.41. The summed E-state index contributed by atoms with van der Waals surface area (Å²) in [5, 5.41) is 24.9. The van der Waals surface area contributed by atoms with Crippen molar-refractivity contribution in [2.45, 2.75) is 51.0 Å². The van der Waals surface area contributed by atoms with E-state index in [9.17, 15) is 19.8 Å². The molecule has 2 heterocycles. The van der Waals surface area contributed by atoms with Gasteiger partial charge in [0.25, 0.3) is 0 Å². The van der Waals surface area contributed by atoms with Crippen molar-refractivity contribution in [2.75, 3.05) is 18.5 Å². The van der Waals surface area contributed by atoms with Gasteiger partial charge in [-0.2, -0.15) is 0 Å². The number of aliphatic carboxylic acids is 1. The van der Waals surface area contributed by atoms with Gasteiger partial charge in [-0.05, 0) is 55.6 Å². The first-order valence-corrected chi connectivity index (χ1v) is 15.7. The third kappa shape index (κ3) is 7.36. The Hall–Kier alpha value is -5.03. The number of anilines is 1. The smallest absolute Gasteiger partial charge is 0.361 e. The number of aliphatic hydroxyl groups is 1. The average molecular weight is 636 g/mol. The van der Waals surface area contributed by atoms with Crippen molar-refractivity contribution in [1.82, 2.24) is 4.90 Å². The fourth-order valence-corrected chi connectivity index (χ4v) is 5.96. The second kappa shape index (κ2) is 14.6. The lowest BCUT2D eigenvalue weighted by molar-refractivity contribution is -0.173. The first-order valence-electron chi connectivity index (χ1n) is 15.7. The van der Waals surface area contributed by atoms with Crippen molar-refractivity contribution in [1.29, 1.82) is 0 Å². The molecule has 0 bridgehead atoms. The number of amides is 1. The summed E-state index contributed by atoms with van der Waals surface area (Å²) in [4.78, 5) is 33.3. The highest BCUT2D eigenvalue weighted by molar-refractivity contribution is 6.17. The van der Waals surface area contributed by atoms with Crippen LogP contribution in [0.25, 0.3) is 0 Å². The van der Waals surface area contributed by atoms with Crippen molar-refractivity contribution in [3.05, 3.63) is 125 Å². The maximum atomic E-state index is 13.7. The number of likely N-dealkylation sites (tertiary alicyclic amines) is 1. The lowest BCUT2D eigenvalue weighted by atomic mass is 9.97. The van der Waals surface area contributed by atoms with Gasteiger partial charge in [0, 0.05) is 17.7 Å². The number of carbonyl (C=O) groups is 2. The number of hydrogen-bond donors (Lipinski definition) is 3. The van der Waals surface area contributed by atoms with E-state index in [0.717, 1.165) is 24.9 Å². The molecule has 0 saturated carbocycles. The number of para-hydroxylation sites is 1. The zero-order valence-corrected chi connectivity index (χ0v) is 26.0. The molecule has 0 spiro atoms. The molecule has 4 atom stereocenters. The lowest BCUT2D eigenvalue weighted by Crippen LogP contribution is -2.39. The normalized spacial score (nSPS) is 18.9. The molecule has 6 rings (SSSR count). The molecule has 10 nitrogen and oxygen atoms in total. The Morgan fingerprint density at radius 2 is 1.66 bits per heavy atom. The van der Waals surface area contributed by atoms with Crippen molar-refractivity contribution in [3.63, 3.8) is 0 Å². The van der Waals surface area contributed by atoms with Gasteiger partial charge in [0.15, 0.2) is 17.5 Å². The zero-order valence-electron chi connectivity index (χ0n) is 26.0. The van der Waals surface area contributed by atoms with Gasteiger partial charge in [-0.3, -0.25) is 14.7 Å². The Kier molecular flexibility index (Phi) is 9.92. The van der Waals surface area contributed by atoms with Crippen LogP contribution < -0.4 is 14.8 Å². The largest absolute Gasteiger partial charge is 0.480 e. The van der Waals surface area contributed by atoms with Crippen molar-refractivity contribution in [3.8, 4) is 11.5 Å². The van der Waals surface area contributed by atoms with Crippen LogP contribution in [-0.4, -0.2) is 64.4 Å². The Labute approximate surface area is 273 Å². The molecule has 1 saturated heterocycles. The Morgan fingerprint density at radius 1 is 0.957 bits per heavy atom. The van der Waals surface area contributed by atoms with Gasteiger partial charge >= 0.3 is 12.4 Å². The lowest BCUT2D eigenvalue weighted by Gasteiger charge is -2.24. The molecule has 1 unspecified atom stereocenters. The highest BCUT2D eigenvalue weighted by Crippen LogP contribution is 2.38. The van der Waals surface area contributed by atoms with Gasteiger partial charge < -0.3 is 29.7 Å². The molecule has 1 amide bonds. The molecule has 1 fully saturated rings. The summed E-state index contributed by atoms with van der Waals surface area (Å²) in [5.74, 6) is -0.703. The molecular formula is C37H37N3O7. The molecule has 2 aliphatic heterocycles. The van der Waals surface area contributed by atoms with Gasteiger partial charge in [-0.15, -0.1) is 0 Å². The molecule has 242 valence electrons. The first-order chi connectivity index (χ1) is 22.9. The van der Waals surface area contributed by atoms with E-state index < -0.39 is 24.6 Å². The number of carboxylic acid groups (broad SMARTS) is 1. The van der Waals surface area contributed by atoms with E-state index in [0.29, 0.717) is 47.2 Å². The maximum Gasteiger partial charge on any atom is 0.361 e. The van der Waals surface area contributed by atoms with Crippen LogP contribution in [0.1, 0.15) is 48.1 Å². The van der Waals surface area contributed by atoms with Crippen LogP contribution in [0.15, 0.2) is 108 Å². The van der Waals surface area contributed by atoms with Crippen LogP contribution in [0.3, 0.4) is 0 Å². The Bertz CT molecular complexity index is 1730. The van der Waals surface area contributed by atoms with E-state index in [-0.39, 0.29) is 17.5 Å². The summed E-state index contributed by atoms with van der Waals surface area (Å²) in [5.41, 5.74) is 3.40. The van der Waals surface area contributed by atoms with Gasteiger partial charge in [0.1, 0.15) is 6.10 Å². The van der Waals surface area contributed by atoms with Crippen LogP contribution in [-0.2, 0) is 20.9 Å². The monoisotopic (exact) mass is 635 g/mol. The van der Waals surface area contributed by atoms with Crippen LogP contribution in [0.4, 0.5) is 5.69 Å². The van der Waals surface area contributed by atoms with Crippen LogP contribution in [0.5, 0.6) is 11.5 Å². The fraction of sp³-hybridized carbons (Fsp3) is 0.270. The second-order valence-corrected chi connectivity index (χ2v) is 11.4. The van der Waals surface area contributed by atoms with Crippen LogP contribution in [0, 0.1) is 0 Å². The predicted molar refractivity (Wildman–Crippen MR) is 177 cm³/mol. The van der Waals surface area contributed by atoms with Crippen LogP contribution >= 0.6 is 0 Å². The molecule has 2 aliphatic rings. The number of carbonyl (C=O) groups excluding carboxylic acids is 1. The van der Waals surface area contributed by atoms with Crippen molar-refractivity contribution >= 4 is 23.3 Å². The highest BCUT2D eigenvalue weighted by Gasteiger charge is 2.33. The van der Waals surface area contributed by atoms with E-state index in [1.807, 2.05) is 61.5 Å². The van der Waals surface area contributed by atoms with Crippen LogP contribution in [0.2, 0.25) is 0 Å². The third-order valence-corrected chi connectivity index (χ3v) is 8.26. The van der Waals surface area contributed by atoms with E-state index in [4.69, 9.17) is 14.2 Å². The summed E-state index contributed by atoms with van der Waals surface area (Å²) in [7, 11) is 0. The number of fused-ring (bicyclic) bond motifs is 1. The molecule has 4 aromatic rings. The van der Waals surface area contributed by atoms with Gasteiger partial charge in [-0.25, -0.2) is 4.79 Å². The summed E-state index contributed by atoms with van der Waals surface area (Å²) in [6, 6.07) is 29.2. The minimum Gasteiger partial charge on any atom is -0.480 e. The van der Waals surface area contributed by atoms with Crippen molar-refractivity contribution in [2.24, 2.45) is 4.99 Å². The number of benzene rings is 4. The van der Waals surface area contributed by atoms with E-state index in [1.54, 1.807) is 30.3 Å². The quantitative estimate of drug-likeness (QED) is 0.176.